The highest BCUT2D eigenvalue weighted by Crippen LogP contribution is 2.35. The third-order valence-electron chi connectivity index (χ3n) is 6.88. The minimum atomic E-state index is -0.552. The van der Waals surface area contributed by atoms with Gasteiger partial charge in [0, 0.05) is 24.6 Å². The van der Waals surface area contributed by atoms with Crippen LogP contribution in [0.2, 0.25) is 0 Å². The normalized spacial score (nSPS) is 14.9. The molecule has 1 aromatic heterocycles. The molecule has 1 saturated heterocycles. The Hall–Kier alpha value is -4.72. The average Bonchev–Trinajstić information content (AvgIpc) is 3.00. The Bertz CT molecular complexity index is 1500. The van der Waals surface area contributed by atoms with E-state index >= 15 is 4.39 Å². The van der Waals surface area contributed by atoms with Gasteiger partial charge in [-0.1, -0.05) is 66.7 Å². The minimum Gasteiger partial charge on any atom is -0.473 e. The number of esters is 1. The Labute approximate surface area is 238 Å². The zero-order chi connectivity index (χ0) is 28.6. The lowest BCUT2D eigenvalue weighted by molar-refractivity contribution is -0.150. The molecule has 0 saturated carbocycles. The third-order valence-corrected chi connectivity index (χ3v) is 6.88. The molecule has 1 amide bonds. The predicted octanol–water partition coefficient (Wildman–Crippen LogP) is 6.35. The van der Waals surface area contributed by atoms with Crippen LogP contribution in [0.5, 0.6) is 11.8 Å². The van der Waals surface area contributed by atoms with Gasteiger partial charge in [-0.15, -0.1) is 0 Å². The lowest BCUT2D eigenvalue weighted by atomic mass is 9.95. The predicted molar refractivity (Wildman–Crippen MR) is 153 cm³/mol. The van der Waals surface area contributed by atoms with Crippen molar-refractivity contribution in [3.8, 4) is 22.9 Å². The Morgan fingerprint density at radius 1 is 0.927 bits per heavy atom. The van der Waals surface area contributed by atoms with Crippen LogP contribution in [-0.4, -0.2) is 30.0 Å². The summed E-state index contributed by atoms with van der Waals surface area (Å²) in [5.41, 5.74) is 3.27. The Morgan fingerprint density at radius 3 is 2.24 bits per heavy atom. The number of hydrogen-bond donors (Lipinski definition) is 0. The zero-order valence-corrected chi connectivity index (χ0v) is 22.8. The molecule has 8 heteroatoms. The Kier molecular flexibility index (Phi) is 8.89. The third kappa shape index (κ3) is 6.90. The summed E-state index contributed by atoms with van der Waals surface area (Å²) >= 11 is 0. The number of halogens is 1. The molecule has 1 aliphatic heterocycles. The fraction of sp³-hybridized carbons (Fsp3) is 0.242. The SMILES string of the molecule is CCOC(=O)C1CCN(c2ccc(-c3ccc(OCc4ccccc4)nc3OCc3ccccc3)cc2F)C(=O)C1. The van der Waals surface area contributed by atoms with E-state index in [0.29, 0.717) is 35.9 Å². The van der Waals surface area contributed by atoms with Crippen LogP contribution in [0.25, 0.3) is 11.1 Å². The van der Waals surface area contributed by atoms with Gasteiger partial charge in [-0.25, -0.2) is 4.39 Å². The number of aromatic nitrogens is 1. The fourth-order valence-corrected chi connectivity index (χ4v) is 4.73. The van der Waals surface area contributed by atoms with Crippen LogP contribution in [-0.2, 0) is 27.5 Å². The average molecular weight is 555 g/mol. The van der Waals surface area contributed by atoms with Crippen molar-refractivity contribution in [2.45, 2.75) is 33.0 Å². The van der Waals surface area contributed by atoms with Crippen molar-refractivity contribution in [2.24, 2.45) is 5.92 Å². The van der Waals surface area contributed by atoms with Crippen LogP contribution >= 0.6 is 0 Å². The largest absolute Gasteiger partial charge is 0.473 e. The van der Waals surface area contributed by atoms with E-state index in [2.05, 4.69) is 4.98 Å². The van der Waals surface area contributed by atoms with Crippen molar-refractivity contribution in [3.63, 3.8) is 0 Å². The molecule has 4 aromatic rings. The highest BCUT2D eigenvalue weighted by Gasteiger charge is 2.33. The van der Waals surface area contributed by atoms with E-state index in [1.165, 1.54) is 11.0 Å². The molecule has 1 fully saturated rings. The summed E-state index contributed by atoms with van der Waals surface area (Å²) in [5, 5.41) is 0. The number of nitrogens with zero attached hydrogens (tertiary/aromatic N) is 2. The first-order chi connectivity index (χ1) is 20.0. The van der Waals surface area contributed by atoms with Crippen LogP contribution in [0.4, 0.5) is 10.1 Å². The van der Waals surface area contributed by atoms with Crippen LogP contribution in [0, 0.1) is 11.7 Å². The van der Waals surface area contributed by atoms with E-state index in [4.69, 9.17) is 14.2 Å². The first-order valence-electron chi connectivity index (χ1n) is 13.6. The number of carbonyl (C=O) groups is 2. The summed E-state index contributed by atoms with van der Waals surface area (Å²) in [6, 6.07) is 27.7. The van der Waals surface area contributed by atoms with Gasteiger partial charge in [0.2, 0.25) is 17.7 Å². The highest BCUT2D eigenvalue weighted by atomic mass is 19.1. The van der Waals surface area contributed by atoms with Gasteiger partial charge in [0.25, 0.3) is 0 Å². The molecule has 0 aliphatic carbocycles. The second kappa shape index (κ2) is 13.1. The summed E-state index contributed by atoms with van der Waals surface area (Å²) < 4.78 is 32.5. The van der Waals surface area contributed by atoms with Crippen LogP contribution in [0.15, 0.2) is 91.0 Å². The molecule has 1 aliphatic rings. The summed E-state index contributed by atoms with van der Waals surface area (Å²) in [6.07, 6.45) is 0.406. The van der Waals surface area contributed by atoms with Gasteiger partial charge >= 0.3 is 5.97 Å². The number of anilines is 1. The quantitative estimate of drug-likeness (QED) is 0.213. The second-order valence-corrected chi connectivity index (χ2v) is 9.70. The standard InChI is InChI=1S/C33H31FN2O5/c1-2-39-33(38)26-17-18-36(31(37)20-26)29-15-13-25(19-28(29)34)27-14-16-30(40-21-23-9-5-3-6-10-23)35-32(27)41-22-24-11-7-4-8-12-24/h3-16,19,26H,2,17-18,20-22H2,1H3. The number of amides is 1. The number of carbonyl (C=O) groups excluding carboxylic acids is 2. The van der Waals surface area contributed by atoms with Crippen molar-refractivity contribution in [3.05, 3.63) is 108 Å². The number of rotatable bonds is 10. The van der Waals surface area contributed by atoms with Crippen molar-refractivity contribution in [2.75, 3.05) is 18.1 Å². The summed E-state index contributed by atoms with van der Waals surface area (Å²) in [4.78, 5) is 30.9. The summed E-state index contributed by atoms with van der Waals surface area (Å²) in [7, 11) is 0. The highest BCUT2D eigenvalue weighted by molar-refractivity contribution is 5.97. The van der Waals surface area contributed by atoms with E-state index in [0.717, 1.165) is 11.1 Å². The summed E-state index contributed by atoms with van der Waals surface area (Å²) in [6.45, 7) is 2.84. The van der Waals surface area contributed by atoms with Crippen LogP contribution in [0.1, 0.15) is 30.9 Å². The van der Waals surface area contributed by atoms with E-state index in [9.17, 15) is 9.59 Å². The molecule has 0 spiro atoms. The number of ether oxygens (including phenoxy) is 3. The molecule has 7 nitrogen and oxygen atoms in total. The fourth-order valence-electron chi connectivity index (χ4n) is 4.73. The lowest BCUT2D eigenvalue weighted by Gasteiger charge is -2.31. The molecule has 3 aromatic carbocycles. The molecule has 0 radical (unpaired) electrons. The first-order valence-corrected chi connectivity index (χ1v) is 13.6. The van der Waals surface area contributed by atoms with Gasteiger partial charge in [-0.3, -0.25) is 9.59 Å². The molecule has 2 heterocycles. The van der Waals surface area contributed by atoms with Gasteiger partial charge in [0.15, 0.2) is 0 Å². The molecule has 41 heavy (non-hydrogen) atoms. The smallest absolute Gasteiger partial charge is 0.309 e. The van der Waals surface area contributed by atoms with Crippen LogP contribution < -0.4 is 14.4 Å². The van der Waals surface area contributed by atoms with Gasteiger partial charge < -0.3 is 19.1 Å². The molecule has 0 N–H and O–H groups in total. The maximum Gasteiger partial charge on any atom is 0.309 e. The number of pyridine rings is 1. The number of piperidine rings is 1. The van der Waals surface area contributed by atoms with Crippen molar-refractivity contribution in [1.82, 2.24) is 4.98 Å². The van der Waals surface area contributed by atoms with Crippen molar-refractivity contribution < 1.29 is 28.2 Å². The van der Waals surface area contributed by atoms with Crippen molar-refractivity contribution in [1.29, 1.82) is 0 Å². The molecular weight excluding hydrogens is 523 g/mol. The molecular formula is C33H31FN2O5. The second-order valence-electron chi connectivity index (χ2n) is 9.70. The monoisotopic (exact) mass is 554 g/mol. The van der Waals surface area contributed by atoms with Crippen LogP contribution in [0.3, 0.4) is 0 Å². The van der Waals surface area contributed by atoms with Gasteiger partial charge in [-0.2, -0.15) is 4.98 Å². The van der Waals surface area contributed by atoms with E-state index in [-0.39, 0.29) is 43.7 Å². The first kappa shape index (κ1) is 27.8. The molecule has 210 valence electrons. The zero-order valence-electron chi connectivity index (χ0n) is 22.8. The minimum absolute atomic E-state index is 0.00807. The summed E-state index contributed by atoms with van der Waals surface area (Å²) in [5.74, 6) is -1.06. The Balaban J connectivity index is 1.37. The molecule has 5 rings (SSSR count). The molecule has 0 bridgehead atoms. The van der Waals surface area contributed by atoms with E-state index < -0.39 is 11.7 Å². The number of benzene rings is 3. The Morgan fingerprint density at radius 2 is 1.61 bits per heavy atom. The van der Waals surface area contributed by atoms with E-state index in [1.54, 1.807) is 31.2 Å². The van der Waals surface area contributed by atoms with E-state index in [1.807, 2.05) is 60.7 Å². The van der Waals surface area contributed by atoms with Gasteiger partial charge in [-0.05, 0) is 48.2 Å². The maximum atomic E-state index is 15.5. The lowest BCUT2D eigenvalue weighted by Crippen LogP contribution is -2.41. The molecule has 1 unspecified atom stereocenters. The maximum absolute atomic E-state index is 15.5. The van der Waals surface area contributed by atoms with Crippen molar-refractivity contribution >= 4 is 17.6 Å². The number of hydrogen-bond acceptors (Lipinski definition) is 6. The van der Waals surface area contributed by atoms with Gasteiger partial charge in [0.1, 0.15) is 19.0 Å². The van der Waals surface area contributed by atoms with Gasteiger partial charge in [0.05, 0.1) is 18.2 Å². The molecule has 1 atom stereocenters. The topological polar surface area (TPSA) is 78.0 Å².